The van der Waals surface area contributed by atoms with Gasteiger partial charge in [0.25, 0.3) is 5.91 Å². The first-order valence-corrected chi connectivity index (χ1v) is 13.5. The molecular formula is C30H29BrF3N3O3. The minimum absolute atomic E-state index is 0.101. The highest BCUT2D eigenvalue weighted by molar-refractivity contribution is 9.10. The van der Waals surface area contributed by atoms with E-state index in [-0.39, 0.29) is 38.1 Å². The van der Waals surface area contributed by atoms with Crippen molar-refractivity contribution in [3.63, 3.8) is 0 Å². The van der Waals surface area contributed by atoms with Crippen molar-refractivity contribution in [1.29, 1.82) is 0 Å². The number of carbonyl (C=O) groups excluding carboxylic acids is 2. The lowest BCUT2D eigenvalue weighted by molar-refractivity contribution is -0.137. The molecule has 3 aromatic carbocycles. The second kappa shape index (κ2) is 13.1. The minimum Gasteiger partial charge on any atom is -0.383 e. The summed E-state index contributed by atoms with van der Waals surface area (Å²) in [6.07, 6.45) is -2.03. The molecule has 40 heavy (non-hydrogen) atoms. The van der Waals surface area contributed by atoms with Crippen molar-refractivity contribution >= 4 is 38.6 Å². The van der Waals surface area contributed by atoms with E-state index in [0.717, 1.165) is 33.1 Å². The number of hydrogen-bond donors (Lipinski definition) is 1. The molecule has 0 radical (unpaired) electrons. The molecule has 4 rings (SSSR count). The molecule has 2 amide bonds. The van der Waals surface area contributed by atoms with Crippen LogP contribution in [0.1, 0.15) is 27.0 Å². The van der Waals surface area contributed by atoms with Crippen LogP contribution in [-0.2, 0) is 28.7 Å². The molecule has 0 aliphatic carbocycles. The van der Waals surface area contributed by atoms with Gasteiger partial charge in [-0.05, 0) is 60.0 Å². The number of nitrogens with zero attached hydrogens (tertiary/aromatic N) is 2. The number of nitrogens with one attached hydrogen (secondary N) is 1. The summed E-state index contributed by atoms with van der Waals surface area (Å²) < 4.78 is 45.2. The Morgan fingerprint density at radius 2 is 1.62 bits per heavy atom. The molecule has 0 aliphatic heterocycles. The number of amides is 2. The predicted molar refractivity (Wildman–Crippen MR) is 151 cm³/mol. The van der Waals surface area contributed by atoms with Gasteiger partial charge in [-0.15, -0.1) is 0 Å². The van der Waals surface area contributed by atoms with Gasteiger partial charge in [0, 0.05) is 53.9 Å². The van der Waals surface area contributed by atoms with Crippen LogP contribution in [0.25, 0.3) is 10.9 Å². The summed E-state index contributed by atoms with van der Waals surface area (Å²) in [5.74, 6) is -0.634. The standard InChI is InChI=1S/C30H29BrF3N3O3/c1-40-17-16-37(29(39)22-8-12-25(31)13-9-22)20-28(38)36(19-21-6-10-24(11-7-21)30(32,33)34)15-14-23-18-35-27-5-3-2-4-26(23)27/h2-13,18,35H,14-17,19-20H2,1H3. The molecule has 1 N–H and O–H groups in total. The number of para-hydroxylation sites is 1. The SMILES string of the molecule is COCCN(CC(=O)N(CCc1c[nH]c2ccccc12)Cc1ccc(C(F)(F)F)cc1)C(=O)c1ccc(Br)cc1. The van der Waals surface area contributed by atoms with E-state index in [1.54, 1.807) is 29.2 Å². The minimum atomic E-state index is -4.45. The van der Waals surface area contributed by atoms with Crippen LogP contribution in [0.3, 0.4) is 0 Å². The zero-order chi connectivity index (χ0) is 28.7. The van der Waals surface area contributed by atoms with Crippen LogP contribution >= 0.6 is 15.9 Å². The van der Waals surface area contributed by atoms with Crippen molar-refractivity contribution in [1.82, 2.24) is 14.8 Å². The van der Waals surface area contributed by atoms with Crippen molar-refractivity contribution in [3.05, 3.63) is 106 Å². The molecule has 1 aromatic heterocycles. The number of ether oxygens (including phenoxy) is 1. The average molecular weight is 616 g/mol. The third-order valence-corrected chi connectivity index (χ3v) is 7.13. The van der Waals surface area contributed by atoms with Gasteiger partial charge in [0.2, 0.25) is 5.91 Å². The second-order valence-electron chi connectivity index (χ2n) is 9.35. The highest BCUT2D eigenvalue weighted by Crippen LogP contribution is 2.29. The zero-order valence-electron chi connectivity index (χ0n) is 21.9. The molecule has 1 heterocycles. The molecule has 0 spiro atoms. The molecule has 0 bridgehead atoms. The van der Waals surface area contributed by atoms with Crippen LogP contribution in [0.5, 0.6) is 0 Å². The Labute approximate surface area is 238 Å². The number of rotatable bonds is 11. The summed E-state index contributed by atoms with van der Waals surface area (Å²) in [4.78, 5) is 33.2. The maximum absolute atomic E-state index is 13.7. The third kappa shape index (κ3) is 7.51. The summed E-state index contributed by atoms with van der Waals surface area (Å²) in [5, 5.41) is 1.04. The molecule has 0 unspecified atom stereocenters. The molecule has 0 saturated heterocycles. The molecule has 210 valence electrons. The lowest BCUT2D eigenvalue weighted by Crippen LogP contribution is -2.44. The number of H-pyrrole nitrogens is 1. The number of aromatic nitrogens is 1. The Hall–Kier alpha value is -3.63. The van der Waals surface area contributed by atoms with Gasteiger partial charge in [-0.2, -0.15) is 13.2 Å². The predicted octanol–water partition coefficient (Wildman–Crippen LogP) is 6.31. The number of aromatic amines is 1. The van der Waals surface area contributed by atoms with E-state index in [0.29, 0.717) is 24.1 Å². The Morgan fingerprint density at radius 1 is 0.925 bits per heavy atom. The largest absolute Gasteiger partial charge is 0.416 e. The number of methoxy groups -OCH3 is 1. The maximum Gasteiger partial charge on any atom is 0.416 e. The monoisotopic (exact) mass is 615 g/mol. The molecule has 0 fully saturated rings. The Balaban J connectivity index is 1.56. The van der Waals surface area contributed by atoms with E-state index in [1.807, 2.05) is 30.5 Å². The number of halogens is 4. The van der Waals surface area contributed by atoms with Gasteiger partial charge >= 0.3 is 6.18 Å². The van der Waals surface area contributed by atoms with Crippen LogP contribution in [0, 0.1) is 0 Å². The van der Waals surface area contributed by atoms with E-state index in [1.165, 1.54) is 24.1 Å². The van der Waals surface area contributed by atoms with Crippen LogP contribution in [0.4, 0.5) is 13.2 Å². The first-order chi connectivity index (χ1) is 19.2. The molecule has 6 nitrogen and oxygen atoms in total. The molecular weight excluding hydrogens is 587 g/mol. The van der Waals surface area contributed by atoms with Crippen LogP contribution in [-0.4, -0.2) is 59.9 Å². The van der Waals surface area contributed by atoms with Crippen molar-refractivity contribution in [2.24, 2.45) is 0 Å². The average Bonchev–Trinajstić information content (AvgIpc) is 3.36. The van der Waals surface area contributed by atoms with Crippen LogP contribution < -0.4 is 0 Å². The summed E-state index contributed by atoms with van der Waals surface area (Å²) in [6, 6.07) is 19.5. The first-order valence-electron chi connectivity index (χ1n) is 12.7. The van der Waals surface area contributed by atoms with Gasteiger partial charge in [0.1, 0.15) is 6.54 Å². The first kappa shape index (κ1) is 29.4. The molecule has 0 saturated carbocycles. The highest BCUT2D eigenvalue weighted by Gasteiger charge is 2.30. The summed E-state index contributed by atoms with van der Waals surface area (Å²) in [6.45, 7) is 0.653. The normalized spacial score (nSPS) is 11.5. The van der Waals surface area contributed by atoms with Gasteiger partial charge in [-0.1, -0.05) is 46.3 Å². The molecule has 0 aliphatic rings. The number of alkyl halides is 3. The lowest BCUT2D eigenvalue weighted by Gasteiger charge is -2.28. The van der Waals surface area contributed by atoms with Crippen molar-refractivity contribution in [2.45, 2.75) is 19.1 Å². The Kier molecular flexibility index (Phi) is 9.65. The number of fused-ring (bicyclic) bond motifs is 1. The van der Waals surface area contributed by atoms with E-state index in [9.17, 15) is 22.8 Å². The van der Waals surface area contributed by atoms with Gasteiger partial charge in [-0.3, -0.25) is 9.59 Å². The fraction of sp³-hybridized carbons (Fsp3) is 0.267. The summed E-state index contributed by atoms with van der Waals surface area (Å²) >= 11 is 3.36. The van der Waals surface area contributed by atoms with Gasteiger partial charge in [0.05, 0.1) is 12.2 Å². The van der Waals surface area contributed by atoms with Gasteiger partial charge < -0.3 is 19.5 Å². The number of carbonyl (C=O) groups is 2. The van der Waals surface area contributed by atoms with E-state index in [4.69, 9.17) is 4.74 Å². The smallest absolute Gasteiger partial charge is 0.383 e. The topological polar surface area (TPSA) is 65.6 Å². The van der Waals surface area contributed by atoms with Gasteiger partial charge in [0.15, 0.2) is 0 Å². The second-order valence-corrected chi connectivity index (χ2v) is 10.3. The molecule has 4 aromatic rings. The third-order valence-electron chi connectivity index (χ3n) is 6.60. The quantitative estimate of drug-likeness (QED) is 0.215. The number of hydrogen-bond acceptors (Lipinski definition) is 3. The lowest BCUT2D eigenvalue weighted by atomic mass is 10.1. The maximum atomic E-state index is 13.7. The number of benzene rings is 3. The Bertz CT molecular complexity index is 1440. The molecule has 0 atom stereocenters. The van der Waals surface area contributed by atoms with Crippen molar-refractivity contribution < 1.29 is 27.5 Å². The summed E-state index contributed by atoms with van der Waals surface area (Å²) in [7, 11) is 1.52. The van der Waals surface area contributed by atoms with Crippen LogP contribution in [0.15, 0.2) is 83.5 Å². The van der Waals surface area contributed by atoms with E-state index >= 15 is 0 Å². The van der Waals surface area contributed by atoms with Gasteiger partial charge in [-0.25, -0.2) is 0 Å². The fourth-order valence-electron chi connectivity index (χ4n) is 4.40. The Morgan fingerprint density at radius 3 is 2.30 bits per heavy atom. The van der Waals surface area contributed by atoms with Crippen molar-refractivity contribution in [2.75, 3.05) is 33.4 Å². The fourth-order valence-corrected chi connectivity index (χ4v) is 4.66. The van der Waals surface area contributed by atoms with E-state index in [2.05, 4.69) is 20.9 Å². The zero-order valence-corrected chi connectivity index (χ0v) is 23.5. The molecule has 10 heteroatoms. The summed E-state index contributed by atoms with van der Waals surface area (Å²) in [5.41, 5.74) is 2.23. The van der Waals surface area contributed by atoms with E-state index < -0.39 is 11.7 Å². The highest BCUT2D eigenvalue weighted by atomic mass is 79.9. The van der Waals surface area contributed by atoms with Crippen LogP contribution in [0.2, 0.25) is 0 Å². The van der Waals surface area contributed by atoms with Crippen molar-refractivity contribution in [3.8, 4) is 0 Å².